The van der Waals surface area contributed by atoms with Crippen LogP contribution in [0.3, 0.4) is 0 Å². The molecule has 3 heterocycles. The molecule has 4 rings (SSSR count). The molecule has 6 nitrogen and oxygen atoms in total. The second-order valence-electron chi connectivity index (χ2n) is 9.00. The van der Waals surface area contributed by atoms with Crippen molar-refractivity contribution in [2.24, 2.45) is 10.8 Å². The molecule has 158 valence electrons. The van der Waals surface area contributed by atoms with Crippen LogP contribution in [0.4, 0.5) is 0 Å². The molecule has 0 radical (unpaired) electrons. The van der Waals surface area contributed by atoms with E-state index in [9.17, 15) is 9.59 Å². The van der Waals surface area contributed by atoms with Crippen molar-refractivity contribution in [2.45, 2.75) is 39.7 Å². The van der Waals surface area contributed by atoms with E-state index < -0.39 is 0 Å². The number of carbonyl (C=O) groups excluding carboxylic acids is 2. The summed E-state index contributed by atoms with van der Waals surface area (Å²) in [6, 6.07) is 8.26. The number of likely N-dealkylation sites (tertiary alicyclic amines) is 3. The molecule has 3 aliphatic rings. The molecule has 29 heavy (non-hydrogen) atoms. The van der Waals surface area contributed by atoms with Gasteiger partial charge in [-0.25, -0.2) is 0 Å². The third-order valence-electron chi connectivity index (χ3n) is 7.68. The summed E-state index contributed by atoms with van der Waals surface area (Å²) in [7, 11) is 1.69. The van der Waals surface area contributed by atoms with E-state index in [1.165, 1.54) is 5.56 Å². The molecule has 2 amide bonds. The molecule has 3 fully saturated rings. The molecule has 3 saturated heterocycles. The second kappa shape index (κ2) is 7.63. The van der Waals surface area contributed by atoms with Gasteiger partial charge in [0.15, 0.2) is 0 Å². The third kappa shape index (κ3) is 3.31. The van der Waals surface area contributed by atoms with Crippen molar-refractivity contribution in [1.29, 1.82) is 0 Å². The van der Waals surface area contributed by atoms with Crippen LogP contribution >= 0.6 is 0 Å². The van der Waals surface area contributed by atoms with Gasteiger partial charge in [-0.15, -0.1) is 0 Å². The molecule has 1 aromatic rings. The van der Waals surface area contributed by atoms with E-state index in [4.69, 9.17) is 4.74 Å². The Kier molecular flexibility index (Phi) is 5.32. The topological polar surface area (TPSA) is 53.1 Å². The average molecular weight is 400 g/mol. The first-order chi connectivity index (χ1) is 13.9. The predicted octanol–water partition coefficient (Wildman–Crippen LogP) is 2.38. The highest BCUT2D eigenvalue weighted by atomic mass is 16.5. The van der Waals surface area contributed by atoms with Crippen LogP contribution in [0.25, 0.3) is 0 Å². The Bertz CT molecular complexity index is 770. The van der Waals surface area contributed by atoms with Gasteiger partial charge in [-0.2, -0.15) is 0 Å². The van der Waals surface area contributed by atoms with Gasteiger partial charge in [0.2, 0.25) is 11.8 Å². The van der Waals surface area contributed by atoms with Gasteiger partial charge in [0, 0.05) is 45.1 Å². The van der Waals surface area contributed by atoms with Crippen LogP contribution in [-0.4, -0.2) is 72.9 Å². The van der Waals surface area contributed by atoms with E-state index in [2.05, 4.69) is 24.0 Å². The number of hydrogen-bond acceptors (Lipinski definition) is 4. The normalized spacial score (nSPS) is 26.7. The first kappa shape index (κ1) is 20.2. The van der Waals surface area contributed by atoms with Crippen molar-refractivity contribution >= 4 is 11.8 Å². The molecule has 0 bridgehead atoms. The number of carbonyl (C=O) groups is 2. The van der Waals surface area contributed by atoms with Gasteiger partial charge in [0.1, 0.15) is 5.75 Å². The summed E-state index contributed by atoms with van der Waals surface area (Å²) in [4.78, 5) is 32.0. The van der Waals surface area contributed by atoms with E-state index >= 15 is 0 Å². The summed E-state index contributed by atoms with van der Waals surface area (Å²) in [6.45, 7) is 9.49. The van der Waals surface area contributed by atoms with E-state index in [1.807, 2.05) is 21.9 Å². The predicted molar refractivity (Wildman–Crippen MR) is 111 cm³/mol. The van der Waals surface area contributed by atoms with E-state index in [-0.39, 0.29) is 22.6 Å². The lowest BCUT2D eigenvalue weighted by Crippen LogP contribution is -2.52. The third-order valence-corrected chi connectivity index (χ3v) is 7.68. The molecular formula is C23H33N3O3. The number of rotatable bonds is 4. The highest BCUT2D eigenvalue weighted by Gasteiger charge is 2.65. The first-order valence-corrected chi connectivity index (χ1v) is 10.8. The lowest BCUT2D eigenvalue weighted by Gasteiger charge is -2.46. The molecule has 1 atom stereocenters. The number of fused-ring (bicyclic) bond motifs is 1. The highest BCUT2D eigenvalue weighted by molar-refractivity contribution is 5.88. The maximum absolute atomic E-state index is 13.4. The number of amides is 2. The lowest BCUT2D eigenvalue weighted by atomic mass is 9.60. The fourth-order valence-corrected chi connectivity index (χ4v) is 5.83. The van der Waals surface area contributed by atoms with Gasteiger partial charge in [0.25, 0.3) is 0 Å². The van der Waals surface area contributed by atoms with Gasteiger partial charge in [-0.1, -0.05) is 12.1 Å². The maximum Gasteiger partial charge on any atom is 0.231 e. The number of methoxy groups -OCH3 is 1. The quantitative estimate of drug-likeness (QED) is 0.780. The maximum atomic E-state index is 13.4. The Morgan fingerprint density at radius 1 is 1.07 bits per heavy atom. The van der Waals surface area contributed by atoms with Crippen LogP contribution in [0.1, 0.15) is 38.7 Å². The molecule has 0 aliphatic carbocycles. The SMILES string of the molecule is CCN1CC[C@@]2(CN(C(C)=O)CC23CCN(Cc2ccc(OC)cc2)CC3)C1=O. The van der Waals surface area contributed by atoms with Crippen molar-refractivity contribution in [3.63, 3.8) is 0 Å². The minimum Gasteiger partial charge on any atom is -0.497 e. The molecule has 6 heteroatoms. The molecule has 0 unspecified atom stereocenters. The molecular weight excluding hydrogens is 366 g/mol. The summed E-state index contributed by atoms with van der Waals surface area (Å²) >= 11 is 0. The van der Waals surface area contributed by atoms with Gasteiger partial charge >= 0.3 is 0 Å². The van der Waals surface area contributed by atoms with Crippen LogP contribution in [0, 0.1) is 10.8 Å². The average Bonchev–Trinajstić information content (AvgIpc) is 3.23. The molecule has 3 aliphatic heterocycles. The van der Waals surface area contributed by atoms with Crippen LogP contribution < -0.4 is 4.74 Å². The second-order valence-corrected chi connectivity index (χ2v) is 9.00. The van der Waals surface area contributed by atoms with E-state index in [0.29, 0.717) is 6.54 Å². The van der Waals surface area contributed by atoms with Gasteiger partial charge < -0.3 is 14.5 Å². The molecule has 0 N–H and O–H groups in total. The largest absolute Gasteiger partial charge is 0.497 e. The Labute approximate surface area is 173 Å². The van der Waals surface area contributed by atoms with Crippen LogP contribution in [-0.2, 0) is 16.1 Å². The zero-order valence-corrected chi connectivity index (χ0v) is 17.9. The zero-order valence-electron chi connectivity index (χ0n) is 17.9. The minimum atomic E-state index is -0.374. The van der Waals surface area contributed by atoms with Crippen LogP contribution in [0.5, 0.6) is 5.75 Å². The number of hydrogen-bond donors (Lipinski definition) is 0. The fourth-order valence-electron chi connectivity index (χ4n) is 5.83. The highest BCUT2D eigenvalue weighted by Crippen LogP contribution is 2.57. The monoisotopic (exact) mass is 399 g/mol. The Balaban J connectivity index is 1.50. The Morgan fingerprint density at radius 3 is 2.31 bits per heavy atom. The van der Waals surface area contributed by atoms with E-state index in [0.717, 1.165) is 64.3 Å². The van der Waals surface area contributed by atoms with Crippen LogP contribution in [0.2, 0.25) is 0 Å². The van der Waals surface area contributed by atoms with Crippen LogP contribution in [0.15, 0.2) is 24.3 Å². The van der Waals surface area contributed by atoms with Crippen molar-refractivity contribution < 1.29 is 14.3 Å². The van der Waals surface area contributed by atoms with Gasteiger partial charge in [-0.05, 0) is 57.0 Å². The number of nitrogens with zero attached hydrogens (tertiary/aromatic N) is 3. The Morgan fingerprint density at radius 2 is 1.76 bits per heavy atom. The Hall–Kier alpha value is -2.08. The van der Waals surface area contributed by atoms with Crippen molar-refractivity contribution in [1.82, 2.24) is 14.7 Å². The zero-order chi connectivity index (χ0) is 20.6. The number of benzene rings is 1. The minimum absolute atomic E-state index is 0.0733. The summed E-state index contributed by atoms with van der Waals surface area (Å²) in [5.41, 5.74) is 0.832. The lowest BCUT2D eigenvalue weighted by molar-refractivity contribution is -0.142. The number of ether oxygens (including phenoxy) is 1. The van der Waals surface area contributed by atoms with Gasteiger partial charge in [0.05, 0.1) is 12.5 Å². The molecule has 1 aromatic carbocycles. The molecule has 0 saturated carbocycles. The summed E-state index contributed by atoms with van der Waals surface area (Å²) < 4.78 is 5.25. The van der Waals surface area contributed by atoms with Crippen molar-refractivity contribution in [3.05, 3.63) is 29.8 Å². The summed E-state index contributed by atoms with van der Waals surface area (Å²) in [5.74, 6) is 1.26. The van der Waals surface area contributed by atoms with Gasteiger partial charge in [-0.3, -0.25) is 14.5 Å². The fraction of sp³-hybridized carbons (Fsp3) is 0.652. The standard InChI is InChI=1S/C23H33N3O3/c1-4-25-14-11-23(21(25)28)17-26(18(2)27)16-22(23)9-12-24(13-10-22)15-19-5-7-20(29-3)8-6-19/h5-8H,4,9-17H2,1-3H3/t23-/m1/s1. The van der Waals surface area contributed by atoms with Crippen molar-refractivity contribution in [3.8, 4) is 5.75 Å². The van der Waals surface area contributed by atoms with Crippen molar-refractivity contribution in [2.75, 3.05) is 46.4 Å². The number of piperidine rings is 1. The first-order valence-electron chi connectivity index (χ1n) is 10.8. The molecule has 2 spiro atoms. The van der Waals surface area contributed by atoms with E-state index in [1.54, 1.807) is 14.0 Å². The summed E-state index contributed by atoms with van der Waals surface area (Å²) in [5, 5.41) is 0. The summed E-state index contributed by atoms with van der Waals surface area (Å²) in [6.07, 6.45) is 2.86. The molecule has 0 aromatic heterocycles. The smallest absolute Gasteiger partial charge is 0.231 e.